The van der Waals surface area contributed by atoms with Gasteiger partial charge in [-0.15, -0.1) is 0 Å². The molecule has 1 amide bonds. The first-order valence-corrected chi connectivity index (χ1v) is 4.01. The molecular weight excluding hydrogens is 160 g/mol. The largest absolute Gasteiger partial charge is 0.338 e. The molecule has 0 aromatic heterocycles. The van der Waals surface area contributed by atoms with Crippen molar-refractivity contribution >= 4 is 18.7 Å². The maximum absolute atomic E-state index is 10.9. The average Bonchev–Trinajstić information content (AvgIpc) is 1.94. The summed E-state index contributed by atoms with van der Waals surface area (Å²) in [5.41, 5.74) is 0. The Bertz CT molecular complexity index is 166. The van der Waals surface area contributed by atoms with Crippen LogP contribution in [0.2, 0.25) is 0 Å². The lowest BCUT2D eigenvalue weighted by atomic mass is 10.0. The van der Waals surface area contributed by atoms with Gasteiger partial charge in [-0.3, -0.25) is 9.52 Å². The number of nitrogens with zero attached hydrogens (tertiary/aromatic N) is 1. The van der Waals surface area contributed by atoms with Crippen LogP contribution in [0.15, 0.2) is 12.7 Å². The van der Waals surface area contributed by atoms with Crippen LogP contribution < -0.4 is 4.72 Å². The minimum absolute atomic E-state index is 0.0282. The third-order valence-corrected chi connectivity index (χ3v) is 2.01. The Morgan fingerprint density at radius 1 is 1.82 bits per heavy atom. The van der Waals surface area contributed by atoms with Gasteiger partial charge in [0.15, 0.2) is 0 Å². The van der Waals surface area contributed by atoms with Crippen LogP contribution in [0.25, 0.3) is 0 Å². The standard InChI is InChI=1S/C7H12N2OS/c1-2-7(10)9-4-6(5-9)3-8-11/h2,6,8,11H,1,3-5H2. The second-order valence-electron chi connectivity index (χ2n) is 2.68. The van der Waals surface area contributed by atoms with Gasteiger partial charge in [0.2, 0.25) is 5.91 Å². The van der Waals surface area contributed by atoms with E-state index < -0.39 is 0 Å². The van der Waals surface area contributed by atoms with Gasteiger partial charge in [-0.05, 0) is 6.08 Å². The van der Waals surface area contributed by atoms with Crippen LogP contribution in [0.1, 0.15) is 0 Å². The van der Waals surface area contributed by atoms with Crippen molar-refractivity contribution in [2.24, 2.45) is 5.92 Å². The van der Waals surface area contributed by atoms with Crippen LogP contribution in [0, 0.1) is 5.92 Å². The molecule has 1 aliphatic heterocycles. The zero-order valence-electron chi connectivity index (χ0n) is 6.29. The van der Waals surface area contributed by atoms with Gasteiger partial charge >= 0.3 is 0 Å². The summed E-state index contributed by atoms with van der Waals surface area (Å²) in [6.45, 7) is 5.94. The Hall–Kier alpha value is -0.480. The van der Waals surface area contributed by atoms with Crippen molar-refractivity contribution in [3.8, 4) is 0 Å². The van der Waals surface area contributed by atoms with Gasteiger partial charge in [0, 0.05) is 25.6 Å². The number of nitrogens with one attached hydrogen (secondary N) is 1. The van der Waals surface area contributed by atoms with Crippen LogP contribution in [0.5, 0.6) is 0 Å². The molecule has 0 bridgehead atoms. The Balaban J connectivity index is 2.18. The van der Waals surface area contributed by atoms with Gasteiger partial charge in [0.25, 0.3) is 0 Å². The lowest BCUT2D eigenvalue weighted by Gasteiger charge is -2.38. The van der Waals surface area contributed by atoms with E-state index in [1.165, 1.54) is 6.08 Å². The highest BCUT2D eigenvalue weighted by atomic mass is 32.1. The number of thiol groups is 1. The summed E-state index contributed by atoms with van der Waals surface area (Å²) in [5, 5.41) is 0. The van der Waals surface area contributed by atoms with Crippen molar-refractivity contribution in [1.29, 1.82) is 0 Å². The lowest BCUT2D eigenvalue weighted by Crippen LogP contribution is -2.52. The summed E-state index contributed by atoms with van der Waals surface area (Å²) in [5.74, 6) is 0.594. The van der Waals surface area contributed by atoms with Gasteiger partial charge in [-0.1, -0.05) is 19.4 Å². The highest BCUT2D eigenvalue weighted by Crippen LogP contribution is 2.14. The van der Waals surface area contributed by atoms with Gasteiger partial charge in [-0.2, -0.15) is 0 Å². The predicted molar refractivity (Wildman–Crippen MR) is 47.3 cm³/mol. The van der Waals surface area contributed by atoms with Gasteiger partial charge < -0.3 is 4.90 Å². The number of carbonyl (C=O) groups excluding carboxylic acids is 1. The maximum Gasteiger partial charge on any atom is 0.245 e. The minimum Gasteiger partial charge on any atom is -0.338 e. The van der Waals surface area contributed by atoms with E-state index in [1.807, 2.05) is 0 Å². The number of carbonyl (C=O) groups is 1. The topological polar surface area (TPSA) is 32.3 Å². The minimum atomic E-state index is 0.0282. The summed E-state index contributed by atoms with van der Waals surface area (Å²) in [4.78, 5) is 12.7. The molecule has 1 fully saturated rings. The molecule has 0 spiro atoms. The number of rotatable bonds is 3. The highest BCUT2D eigenvalue weighted by molar-refractivity contribution is 7.78. The van der Waals surface area contributed by atoms with E-state index in [2.05, 4.69) is 24.1 Å². The van der Waals surface area contributed by atoms with Crippen molar-refractivity contribution in [3.63, 3.8) is 0 Å². The van der Waals surface area contributed by atoms with E-state index >= 15 is 0 Å². The Kier molecular flexibility index (Phi) is 2.96. The summed E-state index contributed by atoms with van der Waals surface area (Å²) >= 11 is 3.88. The van der Waals surface area contributed by atoms with Gasteiger partial charge in [0.05, 0.1) is 0 Å². The first-order valence-electron chi connectivity index (χ1n) is 3.56. The molecule has 3 nitrogen and oxygen atoms in total. The SMILES string of the molecule is C=CC(=O)N1CC(CNS)C1. The molecule has 0 saturated carbocycles. The van der Waals surface area contributed by atoms with Crippen LogP contribution in [-0.4, -0.2) is 30.4 Å². The monoisotopic (exact) mass is 172 g/mol. The van der Waals surface area contributed by atoms with E-state index in [0.717, 1.165) is 19.6 Å². The first kappa shape index (κ1) is 8.62. The maximum atomic E-state index is 10.9. The van der Waals surface area contributed by atoms with Crippen molar-refractivity contribution in [1.82, 2.24) is 9.62 Å². The van der Waals surface area contributed by atoms with Crippen molar-refractivity contribution in [2.75, 3.05) is 19.6 Å². The second-order valence-corrected chi connectivity index (χ2v) is 2.99. The molecule has 0 aromatic rings. The number of hydrogen-bond donors (Lipinski definition) is 2. The van der Waals surface area contributed by atoms with Crippen molar-refractivity contribution in [2.45, 2.75) is 0 Å². The van der Waals surface area contributed by atoms with Crippen LogP contribution in [-0.2, 0) is 4.79 Å². The third kappa shape index (κ3) is 1.97. The molecule has 62 valence electrons. The van der Waals surface area contributed by atoms with Crippen LogP contribution >= 0.6 is 12.8 Å². The summed E-state index contributed by atoms with van der Waals surface area (Å²) in [6.07, 6.45) is 1.35. The molecule has 0 atom stereocenters. The van der Waals surface area contributed by atoms with Crippen molar-refractivity contribution in [3.05, 3.63) is 12.7 Å². The molecule has 11 heavy (non-hydrogen) atoms. The van der Waals surface area contributed by atoms with E-state index in [4.69, 9.17) is 0 Å². The lowest BCUT2D eigenvalue weighted by molar-refractivity contribution is -0.131. The van der Waals surface area contributed by atoms with Crippen LogP contribution in [0.3, 0.4) is 0 Å². The van der Waals surface area contributed by atoms with E-state index in [1.54, 1.807) is 4.90 Å². The zero-order valence-corrected chi connectivity index (χ0v) is 7.18. The third-order valence-electron chi connectivity index (χ3n) is 1.82. The number of likely N-dealkylation sites (tertiary alicyclic amines) is 1. The Morgan fingerprint density at radius 2 is 2.45 bits per heavy atom. The Morgan fingerprint density at radius 3 is 2.91 bits per heavy atom. The normalized spacial score (nSPS) is 17.7. The molecule has 1 saturated heterocycles. The number of hydrogen-bond acceptors (Lipinski definition) is 3. The van der Waals surface area contributed by atoms with E-state index in [-0.39, 0.29) is 5.91 Å². The van der Waals surface area contributed by atoms with Crippen molar-refractivity contribution < 1.29 is 4.79 Å². The average molecular weight is 172 g/mol. The van der Waals surface area contributed by atoms with E-state index in [0.29, 0.717) is 5.92 Å². The fraction of sp³-hybridized carbons (Fsp3) is 0.571. The van der Waals surface area contributed by atoms with Gasteiger partial charge in [-0.25, -0.2) is 0 Å². The second kappa shape index (κ2) is 3.78. The fourth-order valence-electron chi connectivity index (χ4n) is 1.14. The molecule has 1 N–H and O–H groups in total. The summed E-state index contributed by atoms with van der Waals surface area (Å²) < 4.78 is 2.78. The molecule has 4 heteroatoms. The number of amides is 1. The summed E-state index contributed by atoms with van der Waals surface area (Å²) in [7, 11) is 0. The quantitative estimate of drug-likeness (QED) is 0.466. The molecule has 0 aromatic carbocycles. The predicted octanol–water partition coefficient (Wildman–Crippen LogP) is 0.0652. The smallest absolute Gasteiger partial charge is 0.245 e. The summed E-state index contributed by atoms with van der Waals surface area (Å²) in [6, 6.07) is 0. The molecular formula is C7H12N2OS. The Labute approximate surface area is 72.0 Å². The fourth-order valence-corrected chi connectivity index (χ4v) is 1.40. The van der Waals surface area contributed by atoms with E-state index in [9.17, 15) is 4.79 Å². The highest BCUT2D eigenvalue weighted by Gasteiger charge is 2.28. The molecule has 0 radical (unpaired) electrons. The zero-order chi connectivity index (χ0) is 8.27. The first-order chi connectivity index (χ1) is 5.27. The van der Waals surface area contributed by atoms with Gasteiger partial charge in [0.1, 0.15) is 0 Å². The molecule has 0 aliphatic carbocycles. The molecule has 0 unspecified atom stereocenters. The molecule has 1 rings (SSSR count). The molecule has 1 aliphatic rings. The molecule has 1 heterocycles. The van der Waals surface area contributed by atoms with Crippen LogP contribution in [0.4, 0.5) is 0 Å².